The maximum absolute atomic E-state index is 13.5. The summed E-state index contributed by atoms with van der Waals surface area (Å²) in [5.41, 5.74) is 0.243. The molecule has 0 atom stereocenters. The number of nitrogens with one attached hydrogen (secondary N) is 1. The van der Waals surface area contributed by atoms with E-state index >= 15 is 0 Å². The van der Waals surface area contributed by atoms with Crippen molar-refractivity contribution in [1.29, 1.82) is 0 Å². The van der Waals surface area contributed by atoms with Crippen LogP contribution in [0.4, 0.5) is 10.1 Å². The number of amides is 1. The van der Waals surface area contributed by atoms with Crippen molar-refractivity contribution >= 4 is 17.6 Å². The summed E-state index contributed by atoms with van der Waals surface area (Å²) in [7, 11) is 0. The van der Waals surface area contributed by atoms with E-state index in [9.17, 15) is 14.0 Å². The van der Waals surface area contributed by atoms with E-state index in [-0.39, 0.29) is 11.3 Å². The van der Waals surface area contributed by atoms with Crippen molar-refractivity contribution in [2.24, 2.45) is 5.92 Å². The Balaban J connectivity index is 1.98. The van der Waals surface area contributed by atoms with Gasteiger partial charge >= 0.3 is 5.97 Å². The second kappa shape index (κ2) is 10.3. The molecule has 0 spiro atoms. The topological polar surface area (TPSA) is 73.9 Å². The smallest absolute Gasteiger partial charge is 0.338 e. The molecule has 0 saturated heterocycles. The first-order valence-corrected chi connectivity index (χ1v) is 9.01. The van der Waals surface area contributed by atoms with E-state index in [2.05, 4.69) is 5.32 Å². The Hall–Kier alpha value is -3.09. The molecule has 0 radical (unpaired) electrons. The van der Waals surface area contributed by atoms with Gasteiger partial charge in [-0.2, -0.15) is 0 Å². The van der Waals surface area contributed by atoms with E-state index < -0.39 is 24.3 Å². The number of anilines is 1. The van der Waals surface area contributed by atoms with Gasteiger partial charge in [0.15, 0.2) is 18.1 Å². The zero-order chi connectivity index (χ0) is 20.5. The Bertz CT molecular complexity index is 822. The van der Waals surface area contributed by atoms with E-state index in [1.165, 1.54) is 30.3 Å². The third-order valence-corrected chi connectivity index (χ3v) is 3.53. The van der Waals surface area contributed by atoms with Crippen LogP contribution in [0.5, 0.6) is 11.5 Å². The predicted molar refractivity (Wildman–Crippen MR) is 103 cm³/mol. The van der Waals surface area contributed by atoms with Gasteiger partial charge in [0.1, 0.15) is 5.82 Å². The second-order valence-corrected chi connectivity index (χ2v) is 6.40. The second-order valence-electron chi connectivity index (χ2n) is 6.40. The summed E-state index contributed by atoms with van der Waals surface area (Å²) in [6.45, 7) is 6.26. The van der Waals surface area contributed by atoms with Crippen molar-refractivity contribution in [1.82, 2.24) is 0 Å². The Labute approximate surface area is 163 Å². The lowest BCUT2D eigenvalue weighted by molar-refractivity contribution is -0.119. The molecule has 0 aliphatic heterocycles. The fourth-order valence-electron chi connectivity index (χ4n) is 2.24. The van der Waals surface area contributed by atoms with Crippen LogP contribution in [0.3, 0.4) is 0 Å². The molecule has 0 saturated carbocycles. The number of hydrogen-bond acceptors (Lipinski definition) is 5. The Morgan fingerprint density at radius 1 is 1.07 bits per heavy atom. The van der Waals surface area contributed by atoms with Gasteiger partial charge in [0.25, 0.3) is 5.91 Å². The zero-order valence-electron chi connectivity index (χ0n) is 16.2. The Kier molecular flexibility index (Phi) is 7.80. The number of esters is 1. The first kappa shape index (κ1) is 21.2. The first-order chi connectivity index (χ1) is 13.4. The third-order valence-electron chi connectivity index (χ3n) is 3.53. The molecule has 0 aromatic heterocycles. The zero-order valence-corrected chi connectivity index (χ0v) is 16.2. The van der Waals surface area contributed by atoms with Gasteiger partial charge in [-0.1, -0.05) is 26.0 Å². The fourth-order valence-corrected chi connectivity index (χ4v) is 2.24. The van der Waals surface area contributed by atoms with Gasteiger partial charge in [0.2, 0.25) is 0 Å². The van der Waals surface area contributed by atoms with Crippen molar-refractivity contribution in [2.75, 3.05) is 25.1 Å². The number of carbonyl (C=O) groups excluding carboxylic acids is 2. The number of halogens is 1. The lowest BCUT2D eigenvalue weighted by Crippen LogP contribution is -2.21. The van der Waals surface area contributed by atoms with Crippen molar-refractivity contribution < 1.29 is 28.2 Å². The number of para-hydroxylation sites is 1. The summed E-state index contributed by atoms with van der Waals surface area (Å²) in [4.78, 5) is 24.1. The van der Waals surface area contributed by atoms with E-state index in [0.29, 0.717) is 30.6 Å². The monoisotopic (exact) mass is 389 g/mol. The molecule has 28 heavy (non-hydrogen) atoms. The van der Waals surface area contributed by atoms with E-state index in [0.717, 1.165) is 0 Å². The normalized spacial score (nSPS) is 10.5. The molecule has 2 aromatic carbocycles. The first-order valence-electron chi connectivity index (χ1n) is 9.01. The van der Waals surface area contributed by atoms with Gasteiger partial charge in [-0.25, -0.2) is 9.18 Å². The van der Waals surface area contributed by atoms with E-state index in [1.54, 1.807) is 12.1 Å². The minimum absolute atomic E-state index is 0.0221. The Morgan fingerprint density at radius 3 is 2.50 bits per heavy atom. The molecule has 0 fully saturated rings. The van der Waals surface area contributed by atoms with Crippen LogP contribution < -0.4 is 14.8 Å². The summed E-state index contributed by atoms with van der Waals surface area (Å²) in [6.07, 6.45) is 0. The summed E-state index contributed by atoms with van der Waals surface area (Å²) < 4.78 is 29.7. The van der Waals surface area contributed by atoms with Crippen molar-refractivity contribution in [3.63, 3.8) is 0 Å². The van der Waals surface area contributed by atoms with Crippen LogP contribution in [0.25, 0.3) is 0 Å². The number of benzene rings is 2. The molecule has 1 N–H and O–H groups in total. The highest BCUT2D eigenvalue weighted by Crippen LogP contribution is 2.29. The molecule has 0 heterocycles. The minimum Gasteiger partial charge on any atom is -0.490 e. The van der Waals surface area contributed by atoms with Gasteiger partial charge < -0.3 is 19.5 Å². The summed E-state index contributed by atoms with van der Waals surface area (Å²) >= 11 is 0. The predicted octanol–water partition coefficient (Wildman–Crippen LogP) is 4.05. The lowest BCUT2D eigenvalue weighted by Gasteiger charge is -2.14. The summed E-state index contributed by atoms with van der Waals surface area (Å²) in [6, 6.07) is 10.4. The van der Waals surface area contributed by atoms with Crippen LogP contribution in [0.15, 0.2) is 42.5 Å². The average Bonchev–Trinajstić information content (AvgIpc) is 2.67. The van der Waals surface area contributed by atoms with Gasteiger partial charge in [-0.3, -0.25) is 4.79 Å². The number of carbonyl (C=O) groups is 2. The van der Waals surface area contributed by atoms with Crippen molar-refractivity contribution in [3.05, 3.63) is 53.8 Å². The SMILES string of the molecule is CCOc1cc(C(=O)OCC(=O)Nc2ccccc2F)ccc1OCC(C)C. The molecule has 7 heteroatoms. The molecule has 6 nitrogen and oxygen atoms in total. The van der Waals surface area contributed by atoms with Crippen LogP contribution in [0.2, 0.25) is 0 Å². The maximum atomic E-state index is 13.5. The molecule has 0 aliphatic carbocycles. The molecule has 150 valence electrons. The van der Waals surface area contributed by atoms with Crippen LogP contribution in [-0.2, 0) is 9.53 Å². The average molecular weight is 389 g/mol. The highest BCUT2D eigenvalue weighted by atomic mass is 19.1. The van der Waals surface area contributed by atoms with Gasteiger partial charge in [-0.05, 0) is 43.2 Å². The Morgan fingerprint density at radius 2 is 1.82 bits per heavy atom. The van der Waals surface area contributed by atoms with Gasteiger partial charge in [0, 0.05) is 0 Å². The van der Waals surface area contributed by atoms with Crippen molar-refractivity contribution in [3.8, 4) is 11.5 Å². The number of rotatable bonds is 9. The van der Waals surface area contributed by atoms with Crippen molar-refractivity contribution in [2.45, 2.75) is 20.8 Å². The minimum atomic E-state index is -0.694. The van der Waals surface area contributed by atoms with Crippen LogP contribution >= 0.6 is 0 Å². The van der Waals surface area contributed by atoms with Crippen LogP contribution in [0, 0.1) is 11.7 Å². The molecule has 2 rings (SSSR count). The standard InChI is InChI=1S/C21H24FNO5/c1-4-26-19-11-15(9-10-18(19)27-12-14(2)3)21(25)28-13-20(24)23-17-8-6-5-7-16(17)22/h5-11,14H,4,12-13H2,1-3H3,(H,23,24). The number of ether oxygens (including phenoxy) is 3. The molecule has 0 aliphatic rings. The molecule has 2 aromatic rings. The van der Waals surface area contributed by atoms with Crippen LogP contribution in [0.1, 0.15) is 31.1 Å². The van der Waals surface area contributed by atoms with Gasteiger partial charge in [-0.15, -0.1) is 0 Å². The lowest BCUT2D eigenvalue weighted by atomic mass is 10.2. The molecule has 0 unspecified atom stereocenters. The fraction of sp³-hybridized carbons (Fsp3) is 0.333. The quantitative estimate of drug-likeness (QED) is 0.655. The number of hydrogen-bond donors (Lipinski definition) is 1. The van der Waals surface area contributed by atoms with Gasteiger partial charge in [0.05, 0.1) is 24.5 Å². The molecule has 1 amide bonds. The summed E-state index contributed by atoms with van der Waals surface area (Å²) in [5.74, 6) is -0.606. The highest BCUT2D eigenvalue weighted by molar-refractivity contribution is 5.95. The molecular formula is C21H24FNO5. The largest absolute Gasteiger partial charge is 0.490 e. The molecule has 0 bridgehead atoms. The third kappa shape index (κ3) is 6.26. The molecular weight excluding hydrogens is 365 g/mol. The highest BCUT2D eigenvalue weighted by Gasteiger charge is 2.15. The van der Waals surface area contributed by atoms with E-state index in [4.69, 9.17) is 14.2 Å². The summed E-state index contributed by atoms with van der Waals surface area (Å²) in [5, 5.41) is 2.35. The van der Waals surface area contributed by atoms with E-state index in [1.807, 2.05) is 20.8 Å². The van der Waals surface area contributed by atoms with Crippen LogP contribution in [-0.4, -0.2) is 31.7 Å². The maximum Gasteiger partial charge on any atom is 0.338 e.